The Kier molecular flexibility index (Phi) is 3.42. The molecule has 1 saturated heterocycles. The maximum atomic E-state index is 11.3. The van der Waals surface area contributed by atoms with Crippen LogP contribution in [0.25, 0.3) is 0 Å². The van der Waals surface area contributed by atoms with Crippen LogP contribution >= 0.6 is 11.8 Å². The van der Waals surface area contributed by atoms with Gasteiger partial charge in [0.25, 0.3) is 0 Å². The third kappa shape index (κ3) is 3.57. The molecule has 0 unspecified atom stereocenters. The van der Waals surface area contributed by atoms with Gasteiger partial charge in [-0.3, -0.25) is 0 Å². The highest BCUT2D eigenvalue weighted by Gasteiger charge is 2.20. The highest BCUT2D eigenvalue weighted by molar-refractivity contribution is 8.14. The molecule has 0 bridgehead atoms. The van der Waals surface area contributed by atoms with E-state index in [9.17, 15) is 4.79 Å². The molecule has 0 atom stereocenters. The fourth-order valence-corrected chi connectivity index (χ4v) is 1.96. The SMILES string of the molecule is CN1CCS/C1=N/C(=O)OC(C)(C)C. The summed E-state index contributed by atoms with van der Waals surface area (Å²) >= 11 is 1.58. The van der Waals surface area contributed by atoms with Gasteiger partial charge in [0, 0.05) is 19.3 Å². The topological polar surface area (TPSA) is 41.9 Å². The van der Waals surface area contributed by atoms with Crippen molar-refractivity contribution in [1.82, 2.24) is 4.90 Å². The number of ether oxygens (including phenoxy) is 1. The van der Waals surface area contributed by atoms with E-state index < -0.39 is 11.7 Å². The predicted molar refractivity (Wildman–Crippen MR) is 58.8 cm³/mol. The van der Waals surface area contributed by atoms with Crippen molar-refractivity contribution >= 4 is 23.0 Å². The summed E-state index contributed by atoms with van der Waals surface area (Å²) in [5.74, 6) is 0.984. The van der Waals surface area contributed by atoms with Crippen molar-refractivity contribution in [2.75, 3.05) is 19.3 Å². The fourth-order valence-electron chi connectivity index (χ4n) is 0.960. The Morgan fingerprint density at radius 1 is 1.57 bits per heavy atom. The van der Waals surface area contributed by atoms with Gasteiger partial charge in [0.15, 0.2) is 5.17 Å². The smallest absolute Gasteiger partial charge is 0.436 e. The summed E-state index contributed by atoms with van der Waals surface area (Å²) in [6.07, 6.45) is -0.506. The number of amides is 1. The van der Waals surface area contributed by atoms with E-state index in [2.05, 4.69) is 4.99 Å². The van der Waals surface area contributed by atoms with Crippen molar-refractivity contribution in [2.45, 2.75) is 26.4 Å². The molecule has 1 fully saturated rings. The Bertz CT molecular complexity index is 258. The second kappa shape index (κ2) is 4.21. The molecule has 0 aromatic carbocycles. The first-order valence-electron chi connectivity index (χ1n) is 4.54. The van der Waals surface area contributed by atoms with E-state index in [4.69, 9.17) is 4.74 Å². The molecule has 4 nitrogen and oxygen atoms in total. The Morgan fingerprint density at radius 2 is 2.21 bits per heavy atom. The van der Waals surface area contributed by atoms with Crippen LogP contribution in [0.3, 0.4) is 0 Å². The van der Waals surface area contributed by atoms with E-state index in [-0.39, 0.29) is 0 Å². The molecule has 0 aromatic heterocycles. The Balaban J connectivity index is 2.55. The Morgan fingerprint density at radius 3 is 2.64 bits per heavy atom. The average molecular weight is 216 g/mol. The number of carbonyl (C=O) groups excluding carboxylic acids is 1. The third-order valence-electron chi connectivity index (χ3n) is 1.56. The van der Waals surface area contributed by atoms with Crippen LogP contribution in [-0.2, 0) is 4.74 Å². The Hall–Kier alpha value is -0.710. The minimum Gasteiger partial charge on any atom is -0.442 e. The molecule has 1 amide bonds. The van der Waals surface area contributed by atoms with Gasteiger partial charge in [0.1, 0.15) is 5.60 Å². The lowest BCUT2D eigenvalue weighted by atomic mass is 10.2. The number of thioether (sulfide) groups is 1. The molecular weight excluding hydrogens is 200 g/mol. The molecule has 0 saturated carbocycles. The van der Waals surface area contributed by atoms with Gasteiger partial charge in [-0.15, -0.1) is 0 Å². The monoisotopic (exact) mass is 216 g/mol. The normalized spacial score (nSPS) is 20.3. The van der Waals surface area contributed by atoms with Gasteiger partial charge in [-0.25, -0.2) is 4.79 Å². The number of hydrogen-bond donors (Lipinski definition) is 0. The van der Waals surface area contributed by atoms with Crippen molar-refractivity contribution in [3.05, 3.63) is 0 Å². The van der Waals surface area contributed by atoms with Crippen molar-refractivity contribution in [3.8, 4) is 0 Å². The van der Waals surface area contributed by atoms with Crippen LogP contribution in [0.5, 0.6) is 0 Å². The van der Waals surface area contributed by atoms with E-state index in [0.29, 0.717) is 0 Å². The summed E-state index contributed by atoms with van der Waals surface area (Å²) in [7, 11) is 1.92. The predicted octanol–water partition coefficient (Wildman–Crippen LogP) is 1.96. The van der Waals surface area contributed by atoms with Gasteiger partial charge in [-0.1, -0.05) is 11.8 Å². The maximum absolute atomic E-state index is 11.3. The van der Waals surface area contributed by atoms with E-state index >= 15 is 0 Å². The van der Waals surface area contributed by atoms with E-state index in [1.165, 1.54) is 0 Å². The van der Waals surface area contributed by atoms with Crippen molar-refractivity contribution < 1.29 is 9.53 Å². The molecular formula is C9H16N2O2S. The summed E-state index contributed by atoms with van der Waals surface area (Å²) in [5, 5.41) is 0.749. The summed E-state index contributed by atoms with van der Waals surface area (Å²) in [6, 6.07) is 0. The van der Waals surface area contributed by atoms with Crippen LogP contribution in [0.1, 0.15) is 20.8 Å². The zero-order valence-electron chi connectivity index (χ0n) is 9.03. The molecule has 0 radical (unpaired) electrons. The highest BCUT2D eigenvalue weighted by atomic mass is 32.2. The zero-order chi connectivity index (χ0) is 10.8. The fraction of sp³-hybridized carbons (Fsp3) is 0.778. The van der Waals surface area contributed by atoms with Gasteiger partial charge in [0.05, 0.1) is 0 Å². The Labute approximate surface area is 88.7 Å². The number of nitrogens with zero attached hydrogens (tertiary/aromatic N) is 2. The average Bonchev–Trinajstić information content (AvgIpc) is 2.32. The molecule has 5 heteroatoms. The molecule has 1 heterocycles. The second-order valence-corrected chi connectivity index (χ2v) is 5.21. The summed E-state index contributed by atoms with van der Waals surface area (Å²) in [4.78, 5) is 17.2. The molecule has 0 N–H and O–H groups in total. The molecule has 0 spiro atoms. The standard InChI is InChI=1S/C9H16N2O2S/c1-9(2,3)13-8(12)10-7-11(4)5-6-14-7/h5-6H2,1-4H3/b10-7+. The molecule has 80 valence electrons. The lowest BCUT2D eigenvalue weighted by molar-refractivity contribution is 0.0603. The van der Waals surface area contributed by atoms with Crippen LogP contribution in [0.15, 0.2) is 4.99 Å². The van der Waals surface area contributed by atoms with Gasteiger partial charge in [0.2, 0.25) is 0 Å². The quantitative estimate of drug-likeness (QED) is 0.620. The largest absolute Gasteiger partial charge is 0.442 e. The number of aliphatic imine (C=N–C) groups is 1. The second-order valence-electron chi connectivity index (χ2n) is 4.14. The molecule has 0 aliphatic carbocycles. The lowest BCUT2D eigenvalue weighted by Crippen LogP contribution is -2.24. The molecule has 14 heavy (non-hydrogen) atoms. The van der Waals surface area contributed by atoms with Gasteiger partial charge < -0.3 is 9.64 Å². The first kappa shape index (κ1) is 11.4. The summed E-state index contributed by atoms with van der Waals surface area (Å²) in [5.41, 5.74) is -0.469. The van der Waals surface area contributed by atoms with Gasteiger partial charge in [-0.05, 0) is 20.8 Å². The maximum Gasteiger partial charge on any atom is 0.436 e. The number of carbonyl (C=O) groups is 1. The van der Waals surface area contributed by atoms with E-state index in [0.717, 1.165) is 17.5 Å². The molecule has 1 aliphatic rings. The van der Waals surface area contributed by atoms with Crippen molar-refractivity contribution in [1.29, 1.82) is 0 Å². The van der Waals surface area contributed by atoms with Crippen LogP contribution in [0.2, 0.25) is 0 Å². The number of rotatable bonds is 0. The lowest BCUT2D eigenvalue weighted by Gasteiger charge is -2.18. The van der Waals surface area contributed by atoms with Gasteiger partial charge >= 0.3 is 6.09 Å². The first-order valence-corrected chi connectivity index (χ1v) is 5.53. The highest BCUT2D eigenvalue weighted by Crippen LogP contribution is 2.17. The minimum atomic E-state index is -0.506. The minimum absolute atomic E-state index is 0.469. The van der Waals surface area contributed by atoms with Gasteiger partial charge in [-0.2, -0.15) is 4.99 Å². The summed E-state index contributed by atoms with van der Waals surface area (Å²) in [6.45, 7) is 6.43. The van der Waals surface area contributed by atoms with E-state index in [1.807, 2.05) is 32.7 Å². The molecule has 0 aromatic rings. The third-order valence-corrected chi connectivity index (χ3v) is 2.61. The van der Waals surface area contributed by atoms with Crippen LogP contribution in [-0.4, -0.2) is 41.1 Å². The first-order chi connectivity index (χ1) is 6.38. The zero-order valence-corrected chi connectivity index (χ0v) is 9.85. The van der Waals surface area contributed by atoms with Crippen molar-refractivity contribution in [3.63, 3.8) is 0 Å². The van der Waals surface area contributed by atoms with Crippen LogP contribution in [0, 0.1) is 0 Å². The summed E-state index contributed by atoms with van der Waals surface area (Å²) < 4.78 is 5.08. The van der Waals surface area contributed by atoms with Crippen LogP contribution in [0.4, 0.5) is 4.79 Å². The molecule has 1 aliphatic heterocycles. The van der Waals surface area contributed by atoms with Crippen molar-refractivity contribution in [2.24, 2.45) is 4.99 Å². The molecule has 1 rings (SSSR count). The van der Waals surface area contributed by atoms with Crippen LogP contribution < -0.4 is 0 Å². The van der Waals surface area contributed by atoms with E-state index in [1.54, 1.807) is 11.8 Å². The number of amidine groups is 1. The number of hydrogen-bond acceptors (Lipinski definition) is 3.